The fourth-order valence-electron chi connectivity index (χ4n) is 1.52. The molecule has 2 nitrogen and oxygen atoms in total. The van der Waals surface area contributed by atoms with Gasteiger partial charge in [-0.1, -0.05) is 47.2 Å². The molecule has 0 radical (unpaired) electrons. The topological polar surface area (TPSA) is 28.7 Å². The highest BCUT2D eigenvalue weighted by Gasteiger charge is 2.06. The lowest BCUT2D eigenvalue weighted by Crippen LogP contribution is -1.97. The van der Waals surface area contributed by atoms with E-state index in [0.29, 0.717) is 4.64 Å². The molecule has 17 heavy (non-hydrogen) atoms. The van der Waals surface area contributed by atoms with Crippen molar-refractivity contribution in [3.05, 3.63) is 43.5 Å². The average molecular weight is 374 g/mol. The van der Waals surface area contributed by atoms with Crippen molar-refractivity contribution in [2.24, 2.45) is 0 Å². The van der Waals surface area contributed by atoms with Gasteiger partial charge in [0.15, 0.2) is 0 Å². The number of nitrogens with zero attached hydrogens (tertiary/aromatic N) is 1. The van der Waals surface area contributed by atoms with E-state index in [1.54, 1.807) is 0 Å². The molecule has 0 saturated carbocycles. The number of H-pyrrole nitrogens is 1. The SMILES string of the molecule is CCc1[nH]c(-c2cccc(Br)c2)nc(=S)c1Br. The van der Waals surface area contributed by atoms with Crippen molar-refractivity contribution in [2.75, 3.05) is 0 Å². The van der Waals surface area contributed by atoms with Gasteiger partial charge < -0.3 is 4.98 Å². The van der Waals surface area contributed by atoms with Crippen LogP contribution in [0.15, 0.2) is 33.2 Å². The van der Waals surface area contributed by atoms with Crippen molar-refractivity contribution in [1.29, 1.82) is 0 Å². The predicted octanol–water partition coefficient (Wildman–Crippen LogP) is 4.89. The fraction of sp³-hybridized carbons (Fsp3) is 0.167. The summed E-state index contributed by atoms with van der Waals surface area (Å²) in [5.74, 6) is 0.802. The van der Waals surface area contributed by atoms with E-state index >= 15 is 0 Å². The number of aryl methyl sites for hydroxylation is 1. The third kappa shape index (κ3) is 2.84. The minimum absolute atomic E-state index is 0.593. The molecular weight excluding hydrogens is 364 g/mol. The summed E-state index contributed by atoms with van der Waals surface area (Å²) in [6.07, 6.45) is 0.883. The molecule has 2 rings (SSSR count). The van der Waals surface area contributed by atoms with E-state index in [2.05, 4.69) is 48.8 Å². The smallest absolute Gasteiger partial charge is 0.144 e. The van der Waals surface area contributed by atoms with E-state index < -0.39 is 0 Å². The molecule has 5 heteroatoms. The lowest BCUT2D eigenvalue weighted by Gasteiger charge is -2.07. The lowest BCUT2D eigenvalue weighted by molar-refractivity contribution is 0.983. The minimum Gasteiger partial charge on any atom is -0.342 e. The maximum Gasteiger partial charge on any atom is 0.144 e. The Morgan fingerprint density at radius 2 is 2.12 bits per heavy atom. The molecule has 0 aliphatic carbocycles. The molecular formula is C12H10Br2N2S. The van der Waals surface area contributed by atoms with Crippen molar-refractivity contribution in [3.8, 4) is 11.4 Å². The molecule has 0 atom stereocenters. The standard InChI is InChI=1S/C12H10Br2N2S/c1-2-9-10(14)12(17)16-11(15-9)7-4-3-5-8(13)6-7/h3-6H,2H2,1H3,(H,15,16,17). The maximum absolute atomic E-state index is 5.24. The molecule has 88 valence electrons. The Balaban J connectivity index is 2.61. The second-order valence-electron chi connectivity index (χ2n) is 3.55. The first-order chi connectivity index (χ1) is 8.11. The number of rotatable bonds is 2. The van der Waals surface area contributed by atoms with Crippen LogP contribution < -0.4 is 0 Å². The highest BCUT2D eigenvalue weighted by atomic mass is 79.9. The Hall–Kier alpha value is -0.520. The summed E-state index contributed by atoms with van der Waals surface area (Å²) in [6, 6.07) is 7.98. The molecule has 0 spiro atoms. The van der Waals surface area contributed by atoms with Crippen molar-refractivity contribution < 1.29 is 0 Å². The van der Waals surface area contributed by atoms with Gasteiger partial charge in [0.2, 0.25) is 0 Å². The Bertz CT molecular complexity index is 608. The van der Waals surface area contributed by atoms with E-state index in [1.807, 2.05) is 24.3 Å². The minimum atomic E-state index is 0.593. The van der Waals surface area contributed by atoms with E-state index in [9.17, 15) is 0 Å². The second kappa shape index (κ2) is 5.42. The number of hydrogen-bond donors (Lipinski definition) is 1. The molecule has 1 aromatic carbocycles. The summed E-state index contributed by atoms with van der Waals surface area (Å²) in [6.45, 7) is 2.08. The van der Waals surface area contributed by atoms with Crippen molar-refractivity contribution in [1.82, 2.24) is 9.97 Å². The van der Waals surface area contributed by atoms with Gasteiger partial charge >= 0.3 is 0 Å². The molecule has 1 heterocycles. The highest BCUT2D eigenvalue weighted by molar-refractivity contribution is 9.10. The molecule has 1 N–H and O–H groups in total. The van der Waals surface area contributed by atoms with Gasteiger partial charge in [0.1, 0.15) is 10.5 Å². The van der Waals surface area contributed by atoms with Gasteiger partial charge in [-0.3, -0.25) is 0 Å². The predicted molar refractivity (Wildman–Crippen MR) is 79.6 cm³/mol. The number of aromatic amines is 1. The highest BCUT2D eigenvalue weighted by Crippen LogP contribution is 2.23. The third-order valence-electron chi connectivity index (χ3n) is 2.39. The zero-order valence-corrected chi connectivity index (χ0v) is 13.1. The summed E-state index contributed by atoms with van der Waals surface area (Å²) < 4.78 is 2.50. The van der Waals surface area contributed by atoms with Crippen LogP contribution in [0.1, 0.15) is 12.6 Å². The van der Waals surface area contributed by atoms with Crippen LogP contribution in [0, 0.1) is 4.64 Å². The molecule has 0 saturated heterocycles. The number of nitrogens with one attached hydrogen (secondary N) is 1. The largest absolute Gasteiger partial charge is 0.342 e. The summed E-state index contributed by atoms with van der Waals surface area (Å²) in [4.78, 5) is 7.69. The van der Waals surface area contributed by atoms with Gasteiger partial charge in [0.25, 0.3) is 0 Å². The Morgan fingerprint density at radius 3 is 2.76 bits per heavy atom. The first-order valence-corrected chi connectivity index (χ1v) is 7.16. The van der Waals surface area contributed by atoms with Crippen LogP contribution in [0.4, 0.5) is 0 Å². The van der Waals surface area contributed by atoms with Crippen LogP contribution in [-0.4, -0.2) is 9.97 Å². The van der Waals surface area contributed by atoms with Crippen LogP contribution in [-0.2, 0) is 6.42 Å². The van der Waals surface area contributed by atoms with Crippen LogP contribution >= 0.6 is 44.1 Å². The van der Waals surface area contributed by atoms with Gasteiger partial charge in [-0.2, -0.15) is 0 Å². The normalized spacial score (nSPS) is 10.5. The Morgan fingerprint density at radius 1 is 1.35 bits per heavy atom. The molecule has 0 bridgehead atoms. The van der Waals surface area contributed by atoms with E-state index in [4.69, 9.17) is 12.2 Å². The molecule has 1 aromatic heterocycles. The Labute approximate surface area is 122 Å². The number of benzene rings is 1. The van der Waals surface area contributed by atoms with Gasteiger partial charge in [0, 0.05) is 15.7 Å². The van der Waals surface area contributed by atoms with Crippen molar-refractivity contribution in [2.45, 2.75) is 13.3 Å². The van der Waals surface area contributed by atoms with Crippen LogP contribution in [0.5, 0.6) is 0 Å². The van der Waals surface area contributed by atoms with E-state index in [1.165, 1.54) is 0 Å². The summed E-state index contributed by atoms with van der Waals surface area (Å²) >= 11 is 12.1. The first-order valence-electron chi connectivity index (χ1n) is 5.16. The molecule has 0 amide bonds. The van der Waals surface area contributed by atoms with Gasteiger partial charge in [-0.15, -0.1) is 0 Å². The Kier molecular flexibility index (Phi) is 4.12. The lowest BCUT2D eigenvalue weighted by atomic mass is 10.2. The van der Waals surface area contributed by atoms with Gasteiger partial charge in [0.05, 0.1) is 4.47 Å². The molecule has 0 aliphatic heterocycles. The summed E-state index contributed by atoms with van der Waals surface area (Å²) in [5.41, 5.74) is 2.09. The van der Waals surface area contributed by atoms with E-state index in [0.717, 1.165) is 32.4 Å². The average Bonchev–Trinajstić information content (AvgIpc) is 2.32. The molecule has 0 aliphatic rings. The summed E-state index contributed by atoms with van der Waals surface area (Å²) in [7, 11) is 0. The number of aromatic nitrogens is 2. The fourth-order valence-corrected chi connectivity index (χ4v) is 2.60. The number of halogens is 2. The van der Waals surface area contributed by atoms with Gasteiger partial charge in [-0.25, -0.2) is 4.98 Å². The quantitative estimate of drug-likeness (QED) is 0.759. The zero-order valence-electron chi connectivity index (χ0n) is 9.13. The van der Waals surface area contributed by atoms with Gasteiger partial charge in [-0.05, 0) is 34.5 Å². The molecule has 0 fully saturated rings. The first kappa shape index (κ1) is 12.9. The summed E-state index contributed by atoms with van der Waals surface area (Å²) in [5, 5.41) is 0. The second-order valence-corrected chi connectivity index (χ2v) is 5.64. The van der Waals surface area contributed by atoms with Crippen molar-refractivity contribution >= 4 is 44.1 Å². The van der Waals surface area contributed by atoms with Crippen LogP contribution in [0.2, 0.25) is 0 Å². The van der Waals surface area contributed by atoms with E-state index in [-0.39, 0.29) is 0 Å². The maximum atomic E-state index is 5.24. The monoisotopic (exact) mass is 372 g/mol. The van der Waals surface area contributed by atoms with Crippen LogP contribution in [0.25, 0.3) is 11.4 Å². The van der Waals surface area contributed by atoms with Crippen LogP contribution in [0.3, 0.4) is 0 Å². The van der Waals surface area contributed by atoms with Crippen molar-refractivity contribution in [3.63, 3.8) is 0 Å². The molecule has 0 unspecified atom stereocenters. The molecule has 2 aromatic rings. The third-order valence-corrected chi connectivity index (χ3v) is 4.29. The number of hydrogen-bond acceptors (Lipinski definition) is 2. The zero-order chi connectivity index (χ0) is 12.4.